The Morgan fingerprint density at radius 2 is 2.00 bits per heavy atom. The van der Waals surface area contributed by atoms with Gasteiger partial charge in [-0.15, -0.1) is 0 Å². The van der Waals surface area contributed by atoms with Crippen LogP contribution in [-0.4, -0.2) is 14.3 Å². The van der Waals surface area contributed by atoms with E-state index in [0.29, 0.717) is 17.2 Å². The van der Waals surface area contributed by atoms with Gasteiger partial charge in [0.1, 0.15) is 17.3 Å². The summed E-state index contributed by atoms with van der Waals surface area (Å²) in [6.07, 6.45) is 4.32. The summed E-state index contributed by atoms with van der Waals surface area (Å²) in [5, 5.41) is 2.62. The number of hydrogen-bond acceptors (Lipinski definition) is 5. The Morgan fingerprint density at radius 3 is 2.70 bits per heavy atom. The maximum absolute atomic E-state index is 12.4. The highest BCUT2D eigenvalue weighted by atomic mass is 32.2. The van der Waals surface area contributed by atoms with Gasteiger partial charge in [0.15, 0.2) is 0 Å². The van der Waals surface area contributed by atoms with Gasteiger partial charge in [-0.25, -0.2) is 13.1 Å². The van der Waals surface area contributed by atoms with E-state index in [9.17, 15) is 13.2 Å². The number of amides is 1. The Hall–Kier alpha value is -3.10. The van der Waals surface area contributed by atoms with Gasteiger partial charge in [0.05, 0.1) is 17.7 Å². The Morgan fingerprint density at radius 1 is 1.15 bits per heavy atom. The lowest BCUT2D eigenvalue weighted by atomic mass is 10.3. The van der Waals surface area contributed by atoms with Crippen LogP contribution in [0.4, 0.5) is 5.69 Å². The Balaban J connectivity index is 1.65. The molecule has 1 amide bonds. The summed E-state index contributed by atoms with van der Waals surface area (Å²) in [5.74, 6) is 1.40. The van der Waals surface area contributed by atoms with Gasteiger partial charge in [0.25, 0.3) is 0 Å². The fourth-order valence-corrected chi connectivity index (χ4v) is 3.33. The first-order valence-corrected chi connectivity index (χ1v) is 9.58. The second-order valence-corrected chi connectivity index (χ2v) is 7.47. The quantitative estimate of drug-likeness (QED) is 0.607. The molecule has 0 aliphatic carbocycles. The average Bonchev–Trinajstić information content (AvgIpc) is 3.30. The van der Waals surface area contributed by atoms with Crippen molar-refractivity contribution in [2.24, 2.45) is 0 Å². The van der Waals surface area contributed by atoms with Crippen LogP contribution in [0.25, 0.3) is 6.08 Å². The zero-order valence-corrected chi connectivity index (χ0v) is 15.3. The third kappa shape index (κ3) is 5.19. The van der Waals surface area contributed by atoms with Crippen molar-refractivity contribution < 1.29 is 22.0 Å². The summed E-state index contributed by atoms with van der Waals surface area (Å²) in [5.41, 5.74) is 0.362. The molecule has 2 heterocycles. The number of nitrogens with one attached hydrogen (secondary N) is 2. The molecule has 0 atom stereocenters. The van der Waals surface area contributed by atoms with Gasteiger partial charge in [-0.1, -0.05) is 6.07 Å². The molecule has 0 bridgehead atoms. The van der Waals surface area contributed by atoms with E-state index in [-0.39, 0.29) is 11.4 Å². The van der Waals surface area contributed by atoms with E-state index in [2.05, 4.69) is 10.0 Å². The number of rotatable bonds is 7. The highest BCUT2D eigenvalue weighted by Crippen LogP contribution is 2.16. The van der Waals surface area contributed by atoms with Crippen LogP contribution in [0.15, 0.2) is 74.6 Å². The number of carbonyl (C=O) groups excluding carboxylic acids is 1. The van der Waals surface area contributed by atoms with E-state index in [1.807, 2.05) is 6.92 Å². The van der Waals surface area contributed by atoms with Gasteiger partial charge < -0.3 is 14.2 Å². The van der Waals surface area contributed by atoms with Gasteiger partial charge in [-0.2, -0.15) is 0 Å². The van der Waals surface area contributed by atoms with Crippen molar-refractivity contribution in [2.45, 2.75) is 18.4 Å². The summed E-state index contributed by atoms with van der Waals surface area (Å²) < 4.78 is 37.7. The summed E-state index contributed by atoms with van der Waals surface area (Å²) in [6, 6.07) is 12.9. The first-order valence-electron chi connectivity index (χ1n) is 8.10. The Bertz CT molecular complexity index is 1050. The Kier molecular flexibility index (Phi) is 5.58. The molecular weight excluding hydrogens is 368 g/mol. The van der Waals surface area contributed by atoms with Crippen LogP contribution in [0.5, 0.6) is 0 Å². The van der Waals surface area contributed by atoms with Crippen molar-refractivity contribution in [3.05, 3.63) is 78.2 Å². The van der Waals surface area contributed by atoms with E-state index in [1.54, 1.807) is 36.4 Å². The van der Waals surface area contributed by atoms with Crippen molar-refractivity contribution in [3.63, 3.8) is 0 Å². The van der Waals surface area contributed by atoms with Gasteiger partial charge in [-0.05, 0) is 55.5 Å². The van der Waals surface area contributed by atoms with E-state index in [1.165, 1.54) is 30.5 Å². The van der Waals surface area contributed by atoms with Gasteiger partial charge >= 0.3 is 0 Å². The lowest BCUT2D eigenvalue weighted by Gasteiger charge is -2.08. The number of aryl methyl sites for hydroxylation is 1. The standard InChI is InChI=1S/C19H18N2O5S/c1-14-7-8-16(26-14)9-10-19(22)21-15-4-2-6-18(12-15)27(23,24)20-13-17-5-3-11-25-17/h2-12,20H,13H2,1H3,(H,21,22)/b10-9+. The molecule has 2 N–H and O–H groups in total. The predicted molar refractivity (Wildman–Crippen MR) is 100 cm³/mol. The molecule has 2 aromatic heterocycles. The third-order valence-electron chi connectivity index (χ3n) is 3.59. The fraction of sp³-hybridized carbons (Fsp3) is 0.105. The normalized spacial score (nSPS) is 11.7. The third-order valence-corrected chi connectivity index (χ3v) is 4.99. The highest BCUT2D eigenvalue weighted by molar-refractivity contribution is 7.89. The number of benzene rings is 1. The molecular formula is C19H18N2O5S. The molecule has 7 nitrogen and oxygen atoms in total. The molecule has 3 rings (SSSR count). The molecule has 0 aliphatic rings. The zero-order chi connectivity index (χ0) is 19.3. The molecule has 3 aromatic rings. The average molecular weight is 386 g/mol. The highest BCUT2D eigenvalue weighted by Gasteiger charge is 2.15. The number of carbonyl (C=O) groups is 1. The van der Waals surface area contributed by atoms with Crippen LogP contribution < -0.4 is 10.0 Å². The largest absolute Gasteiger partial charge is 0.468 e. The first kappa shape index (κ1) is 18.7. The molecule has 27 heavy (non-hydrogen) atoms. The molecule has 0 aliphatic heterocycles. The number of sulfonamides is 1. The second-order valence-electron chi connectivity index (χ2n) is 5.70. The van der Waals surface area contributed by atoms with Crippen molar-refractivity contribution in [3.8, 4) is 0 Å². The van der Waals surface area contributed by atoms with Crippen LogP contribution in [0, 0.1) is 6.92 Å². The van der Waals surface area contributed by atoms with Crippen LogP contribution in [0.1, 0.15) is 17.3 Å². The lowest BCUT2D eigenvalue weighted by Crippen LogP contribution is -2.23. The van der Waals surface area contributed by atoms with Crippen molar-refractivity contribution in [1.29, 1.82) is 0 Å². The lowest BCUT2D eigenvalue weighted by molar-refractivity contribution is -0.111. The van der Waals surface area contributed by atoms with E-state index in [0.717, 1.165) is 5.76 Å². The minimum Gasteiger partial charge on any atom is -0.468 e. The number of hydrogen-bond donors (Lipinski definition) is 2. The topological polar surface area (TPSA) is 102 Å². The van der Waals surface area contributed by atoms with E-state index < -0.39 is 15.9 Å². The van der Waals surface area contributed by atoms with Gasteiger partial charge in [0.2, 0.25) is 15.9 Å². The minimum atomic E-state index is -3.74. The summed E-state index contributed by atoms with van der Waals surface area (Å²) in [7, 11) is -3.74. The van der Waals surface area contributed by atoms with Gasteiger partial charge in [-0.3, -0.25) is 4.79 Å². The second kappa shape index (κ2) is 8.07. The van der Waals surface area contributed by atoms with Crippen LogP contribution in [0.3, 0.4) is 0 Å². The summed E-state index contributed by atoms with van der Waals surface area (Å²) >= 11 is 0. The molecule has 0 saturated heterocycles. The van der Waals surface area contributed by atoms with Gasteiger partial charge in [0, 0.05) is 11.8 Å². The maximum Gasteiger partial charge on any atom is 0.248 e. The monoisotopic (exact) mass is 386 g/mol. The van der Waals surface area contributed by atoms with Crippen molar-refractivity contribution in [2.75, 3.05) is 5.32 Å². The van der Waals surface area contributed by atoms with Crippen molar-refractivity contribution >= 4 is 27.7 Å². The molecule has 0 saturated carbocycles. The smallest absolute Gasteiger partial charge is 0.248 e. The maximum atomic E-state index is 12.4. The predicted octanol–water partition coefficient (Wildman–Crippen LogP) is 3.31. The fourth-order valence-electron chi connectivity index (χ4n) is 2.29. The Labute approximate surface area is 156 Å². The van der Waals surface area contributed by atoms with Crippen molar-refractivity contribution in [1.82, 2.24) is 4.72 Å². The van der Waals surface area contributed by atoms with E-state index in [4.69, 9.17) is 8.83 Å². The molecule has 0 radical (unpaired) electrons. The van der Waals surface area contributed by atoms with Crippen LogP contribution in [0.2, 0.25) is 0 Å². The molecule has 0 unspecified atom stereocenters. The summed E-state index contributed by atoms with van der Waals surface area (Å²) in [6.45, 7) is 1.85. The SMILES string of the molecule is Cc1ccc(/C=C/C(=O)Nc2cccc(S(=O)(=O)NCc3ccco3)c2)o1. The molecule has 140 valence electrons. The molecule has 8 heteroatoms. The number of anilines is 1. The van der Waals surface area contributed by atoms with Crippen LogP contribution in [-0.2, 0) is 21.4 Å². The number of furan rings is 2. The first-order chi connectivity index (χ1) is 12.9. The molecule has 0 spiro atoms. The van der Waals surface area contributed by atoms with Crippen LogP contribution >= 0.6 is 0 Å². The zero-order valence-electron chi connectivity index (χ0n) is 14.5. The molecule has 0 fully saturated rings. The summed E-state index contributed by atoms with van der Waals surface area (Å²) in [4.78, 5) is 12.1. The minimum absolute atomic E-state index is 0.0389. The molecule has 1 aromatic carbocycles. The van der Waals surface area contributed by atoms with E-state index >= 15 is 0 Å².